The Morgan fingerprint density at radius 3 is 2.22 bits per heavy atom. The second kappa shape index (κ2) is 6.81. The molecule has 0 radical (unpaired) electrons. The lowest BCUT2D eigenvalue weighted by atomic mass is 9.98. The topological polar surface area (TPSA) is 78.8 Å². The molecule has 0 saturated heterocycles. The van der Waals surface area contributed by atoms with Gasteiger partial charge < -0.3 is 20.3 Å². The van der Waals surface area contributed by atoms with E-state index in [4.69, 9.17) is 9.84 Å². The van der Waals surface area contributed by atoms with Gasteiger partial charge in [-0.15, -0.1) is 0 Å². The SMILES string of the molecule is O=C(NC[C@@H](O)CO)OCC1c2ccccc2-c2ccccc21. The molecule has 0 heterocycles. The van der Waals surface area contributed by atoms with E-state index in [0.717, 1.165) is 11.1 Å². The Balaban J connectivity index is 1.70. The lowest BCUT2D eigenvalue weighted by Crippen LogP contribution is -2.34. The number of carbonyl (C=O) groups is 1. The maximum absolute atomic E-state index is 11.7. The number of alkyl carbamates (subject to hydrolysis) is 1. The van der Waals surface area contributed by atoms with Gasteiger partial charge in [-0.1, -0.05) is 48.5 Å². The van der Waals surface area contributed by atoms with Crippen LogP contribution in [0, 0.1) is 0 Å². The highest BCUT2D eigenvalue weighted by molar-refractivity contribution is 5.79. The van der Waals surface area contributed by atoms with Crippen molar-refractivity contribution in [1.82, 2.24) is 5.32 Å². The monoisotopic (exact) mass is 313 g/mol. The van der Waals surface area contributed by atoms with Crippen molar-refractivity contribution in [3.05, 3.63) is 59.7 Å². The molecule has 0 spiro atoms. The maximum atomic E-state index is 11.7. The highest BCUT2D eigenvalue weighted by Crippen LogP contribution is 2.44. The first-order chi connectivity index (χ1) is 11.2. The number of carbonyl (C=O) groups excluding carboxylic acids is 1. The number of amides is 1. The number of nitrogens with one attached hydrogen (secondary N) is 1. The van der Waals surface area contributed by atoms with Gasteiger partial charge in [0.2, 0.25) is 0 Å². The Morgan fingerprint density at radius 2 is 1.65 bits per heavy atom. The zero-order valence-corrected chi connectivity index (χ0v) is 12.6. The second-order valence-corrected chi connectivity index (χ2v) is 5.54. The molecule has 23 heavy (non-hydrogen) atoms. The van der Waals surface area contributed by atoms with Crippen molar-refractivity contribution >= 4 is 6.09 Å². The molecule has 5 heteroatoms. The van der Waals surface area contributed by atoms with Gasteiger partial charge in [-0.25, -0.2) is 4.79 Å². The fourth-order valence-electron chi connectivity index (χ4n) is 2.92. The van der Waals surface area contributed by atoms with Gasteiger partial charge in [0.25, 0.3) is 0 Å². The average Bonchev–Trinajstić information content (AvgIpc) is 2.92. The summed E-state index contributed by atoms with van der Waals surface area (Å²) in [5.74, 6) is 0.0101. The Hall–Kier alpha value is -2.37. The fourth-order valence-corrected chi connectivity index (χ4v) is 2.92. The minimum absolute atomic E-state index is 0.0101. The Labute approximate surface area is 134 Å². The number of rotatable bonds is 5. The molecular weight excluding hydrogens is 294 g/mol. The van der Waals surface area contributed by atoms with Crippen molar-refractivity contribution in [1.29, 1.82) is 0 Å². The van der Waals surface area contributed by atoms with Gasteiger partial charge in [0.15, 0.2) is 0 Å². The number of aliphatic hydroxyl groups is 2. The first-order valence-electron chi connectivity index (χ1n) is 7.58. The molecule has 0 unspecified atom stereocenters. The summed E-state index contributed by atoms with van der Waals surface area (Å²) in [6.45, 7) is -0.202. The van der Waals surface area contributed by atoms with Crippen molar-refractivity contribution in [2.24, 2.45) is 0 Å². The van der Waals surface area contributed by atoms with E-state index in [2.05, 4.69) is 29.6 Å². The van der Waals surface area contributed by atoms with Crippen LogP contribution in [0.1, 0.15) is 17.0 Å². The van der Waals surface area contributed by atoms with E-state index in [1.54, 1.807) is 0 Å². The molecule has 1 aliphatic rings. The number of benzene rings is 2. The number of fused-ring (bicyclic) bond motifs is 3. The standard InChI is InChI=1S/C18H19NO4/c20-10-12(21)9-19-18(22)23-11-17-15-7-3-1-5-13(15)14-6-2-4-8-16(14)17/h1-8,12,17,20-21H,9-11H2,(H,19,22)/t12-/m1/s1. The maximum Gasteiger partial charge on any atom is 0.407 e. The molecule has 2 aromatic rings. The van der Waals surface area contributed by atoms with Crippen LogP contribution in [-0.4, -0.2) is 42.2 Å². The summed E-state index contributed by atoms with van der Waals surface area (Å²) in [7, 11) is 0. The molecule has 0 fully saturated rings. The zero-order chi connectivity index (χ0) is 16.2. The van der Waals surface area contributed by atoms with Gasteiger partial charge >= 0.3 is 6.09 Å². The normalized spacial score (nSPS) is 14.0. The molecular formula is C18H19NO4. The van der Waals surface area contributed by atoms with Crippen molar-refractivity contribution in [3.8, 4) is 11.1 Å². The van der Waals surface area contributed by atoms with Gasteiger partial charge in [0.05, 0.1) is 12.7 Å². The smallest absolute Gasteiger partial charge is 0.407 e. The van der Waals surface area contributed by atoms with Crippen LogP contribution in [-0.2, 0) is 4.74 Å². The lowest BCUT2D eigenvalue weighted by molar-refractivity contribution is 0.0882. The highest BCUT2D eigenvalue weighted by atomic mass is 16.5. The quantitative estimate of drug-likeness (QED) is 0.787. The molecule has 3 rings (SSSR count). The van der Waals surface area contributed by atoms with E-state index in [1.165, 1.54) is 11.1 Å². The number of hydrogen-bond acceptors (Lipinski definition) is 4. The third-order valence-electron chi connectivity index (χ3n) is 4.04. The lowest BCUT2D eigenvalue weighted by Gasteiger charge is -2.15. The summed E-state index contributed by atoms with van der Waals surface area (Å²) < 4.78 is 5.29. The van der Waals surface area contributed by atoms with Crippen LogP contribution in [0.2, 0.25) is 0 Å². The van der Waals surface area contributed by atoms with Gasteiger partial charge in [-0.3, -0.25) is 0 Å². The Kier molecular flexibility index (Phi) is 4.60. The van der Waals surface area contributed by atoms with Crippen LogP contribution < -0.4 is 5.32 Å². The average molecular weight is 313 g/mol. The largest absolute Gasteiger partial charge is 0.449 e. The summed E-state index contributed by atoms with van der Waals surface area (Å²) in [6, 6.07) is 16.2. The van der Waals surface area contributed by atoms with E-state index in [9.17, 15) is 9.90 Å². The first kappa shape index (κ1) is 15.5. The van der Waals surface area contributed by atoms with E-state index < -0.39 is 18.8 Å². The Morgan fingerprint density at radius 1 is 1.09 bits per heavy atom. The van der Waals surface area contributed by atoms with Crippen LogP contribution in [0.4, 0.5) is 4.79 Å². The molecule has 1 aliphatic carbocycles. The zero-order valence-electron chi connectivity index (χ0n) is 12.6. The third kappa shape index (κ3) is 3.21. The fraction of sp³-hybridized carbons (Fsp3) is 0.278. The van der Waals surface area contributed by atoms with Gasteiger partial charge in [-0.2, -0.15) is 0 Å². The van der Waals surface area contributed by atoms with Crippen molar-refractivity contribution < 1.29 is 19.7 Å². The minimum Gasteiger partial charge on any atom is -0.449 e. The predicted molar refractivity (Wildman–Crippen MR) is 86.2 cm³/mol. The molecule has 3 N–H and O–H groups in total. The van der Waals surface area contributed by atoms with Gasteiger partial charge in [-0.05, 0) is 22.3 Å². The van der Waals surface area contributed by atoms with Crippen LogP contribution in [0.3, 0.4) is 0 Å². The number of aliphatic hydroxyl groups excluding tert-OH is 2. The summed E-state index contributed by atoms with van der Waals surface area (Å²) in [5.41, 5.74) is 4.65. The molecule has 5 nitrogen and oxygen atoms in total. The molecule has 2 aromatic carbocycles. The summed E-state index contributed by atoms with van der Waals surface area (Å²) in [5, 5.41) is 20.4. The van der Waals surface area contributed by atoms with Gasteiger partial charge in [0.1, 0.15) is 6.61 Å². The molecule has 0 aromatic heterocycles. The number of ether oxygens (including phenoxy) is 1. The van der Waals surface area contributed by atoms with Crippen LogP contribution in [0.15, 0.2) is 48.5 Å². The molecule has 0 aliphatic heterocycles. The summed E-state index contributed by atoms with van der Waals surface area (Å²) >= 11 is 0. The Bertz CT molecular complexity index is 655. The van der Waals surface area contributed by atoms with Gasteiger partial charge in [0, 0.05) is 12.5 Å². The number of hydrogen-bond donors (Lipinski definition) is 3. The molecule has 1 atom stereocenters. The highest BCUT2D eigenvalue weighted by Gasteiger charge is 2.28. The first-order valence-corrected chi connectivity index (χ1v) is 7.58. The second-order valence-electron chi connectivity index (χ2n) is 5.54. The minimum atomic E-state index is -0.976. The predicted octanol–water partition coefficient (Wildman–Crippen LogP) is 1.88. The van der Waals surface area contributed by atoms with E-state index in [-0.39, 0.29) is 19.1 Å². The van der Waals surface area contributed by atoms with Crippen LogP contribution in [0.5, 0.6) is 0 Å². The van der Waals surface area contributed by atoms with Crippen LogP contribution >= 0.6 is 0 Å². The van der Waals surface area contributed by atoms with Crippen molar-refractivity contribution in [2.75, 3.05) is 19.8 Å². The van der Waals surface area contributed by atoms with E-state index in [0.29, 0.717) is 0 Å². The molecule has 1 amide bonds. The van der Waals surface area contributed by atoms with E-state index >= 15 is 0 Å². The molecule has 0 bridgehead atoms. The molecule has 120 valence electrons. The summed E-state index contributed by atoms with van der Waals surface area (Å²) in [6.07, 6.45) is -1.57. The van der Waals surface area contributed by atoms with E-state index in [1.807, 2.05) is 24.3 Å². The van der Waals surface area contributed by atoms with Crippen molar-refractivity contribution in [2.45, 2.75) is 12.0 Å². The summed E-state index contributed by atoms with van der Waals surface area (Å²) in [4.78, 5) is 11.7. The third-order valence-corrected chi connectivity index (χ3v) is 4.04. The van der Waals surface area contributed by atoms with Crippen molar-refractivity contribution in [3.63, 3.8) is 0 Å². The van der Waals surface area contributed by atoms with Crippen LogP contribution in [0.25, 0.3) is 11.1 Å². The molecule has 0 saturated carbocycles.